The number of nitrogens with zero attached hydrogens (tertiary/aromatic N) is 2. The molecule has 108 valence electrons. The van der Waals surface area contributed by atoms with Gasteiger partial charge in [-0.3, -0.25) is 0 Å². The molecular weight excluding hydrogens is 268 g/mol. The highest BCUT2D eigenvalue weighted by Gasteiger charge is 2.25. The first-order valence-electron chi connectivity index (χ1n) is 7.76. The second-order valence-corrected chi connectivity index (χ2v) is 6.39. The summed E-state index contributed by atoms with van der Waals surface area (Å²) >= 11 is 6.15. The predicted molar refractivity (Wildman–Crippen MR) is 85.3 cm³/mol. The van der Waals surface area contributed by atoms with Gasteiger partial charge in [0.2, 0.25) is 0 Å². The van der Waals surface area contributed by atoms with Crippen LogP contribution >= 0.6 is 11.6 Å². The van der Waals surface area contributed by atoms with Crippen LogP contribution in [0.2, 0.25) is 0 Å². The van der Waals surface area contributed by atoms with Gasteiger partial charge in [-0.2, -0.15) is 0 Å². The van der Waals surface area contributed by atoms with Crippen molar-refractivity contribution in [2.45, 2.75) is 57.9 Å². The van der Waals surface area contributed by atoms with Gasteiger partial charge in [-0.25, -0.2) is 4.98 Å². The van der Waals surface area contributed by atoms with E-state index in [9.17, 15) is 0 Å². The highest BCUT2D eigenvalue weighted by Crippen LogP contribution is 2.37. The Morgan fingerprint density at radius 1 is 1.35 bits per heavy atom. The fourth-order valence-corrected chi connectivity index (χ4v) is 3.81. The molecule has 0 aliphatic heterocycles. The lowest BCUT2D eigenvalue weighted by molar-refractivity contribution is 0.262. The summed E-state index contributed by atoms with van der Waals surface area (Å²) in [5.41, 5.74) is 3.65. The first kappa shape index (κ1) is 13.9. The Morgan fingerprint density at radius 2 is 2.20 bits per heavy atom. The van der Waals surface area contributed by atoms with E-state index in [-0.39, 0.29) is 0 Å². The molecule has 1 heterocycles. The van der Waals surface area contributed by atoms with Gasteiger partial charge in [0.05, 0.1) is 16.9 Å². The standard InChI is InChI=1S/C17H23ClN2/c1-3-13-5-4-6-14(10-13)20-16-9-12(2)7-8-15(16)19-17(20)11-18/h7-9,13-14H,3-6,10-11H2,1-2H3. The minimum absolute atomic E-state index is 0.501. The normalized spacial score (nSPS) is 23.4. The van der Waals surface area contributed by atoms with E-state index in [1.165, 1.54) is 43.2 Å². The average Bonchev–Trinajstić information content (AvgIpc) is 2.85. The molecule has 2 aromatic rings. The summed E-state index contributed by atoms with van der Waals surface area (Å²) in [6, 6.07) is 7.09. The van der Waals surface area contributed by atoms with Gasteiger partial charge >= 0.3 is 0 Å². The zero-order chi connectivity index (χ0) is 14.1. The van der Waals surface area contributed by atoms with Crippen LogP contribution in [0.3, 0.4) is 0 Å². The maximum atomic E-state index is 6.15. The van der Waals surface area contributed by atoms with E-state index < -0.39 is 0 Å². The van der Waals surface area contributed by atoms with Gasteiger partial charge in [0.25, 0.3) is 0 Å². The van der Waals surface area contributed by atoms with Crippen LogP contribution in [0, 0.1) is 12.8 Å². The number of alkyl halides is 1. The number of aromatic nitrogens is 2. The van der Waals surface area contributed by atoms with Crippen molar-refractivity contribution in [3.63, 3.8) is 0 Å². The third-order valence-corrected chi connectivity index (χ3v) is 4.97. The molecule has 1 aliphatic rings. The van der Waals surface area contributed by atoms with Crippen LogP contribution in [-0.2, 0) is 5.88 Å². The van der Waals surface area contributed by atoms with Gasteiger partial charge in [-0.15, -0.1) is 11.6 Å². The Morgan fingerprint density at radius 3 is 2.95 bits per heavy atom. The second kappa shape index (κ2) is 5.77. The van der Waals surface area contributed by atoms with Crippen molar-refractivity contribution in [1.82, 2.24) is 9.55 Å². The highest BCUT2D eigenvalue weighted by molar-refractivity contribution is 6.16. The number of imidazole rings is 1. The molecule has 0 spiro atoms. The number of benzene rings is 1. The van der Waals surface area contributed by atoms with Crippen molar-refractivity contribution in [3.05, 3.63) is 29.6 Å². The van der Waals surface area contributed by atoms with Crippen LogP contribution in [0.15, 0.2) is 18.2 Å². The summed E-state index contributed by atoms with van der Waals surface area (Å²) in [6.07, 6.45) is 6.54. The fourth-order valence-electron chi connectivity index (χ4n) is 3.62. The van der Waals surface area contributed by atoms with E-state index >= 15 is 0 Å². The van der Waals surface area contributed by atoms with Crippen LogP contribution in [0.4, 0.5) is 0 Å². The minimum Gasteiger partial charge on any atom is -0.324 e. The molecule has 0 N–H and O–H groups in total. The Balaban J connectivity index is 2.06. The van der Waals surface area contributed by atoms with Gasteiger partial charge in [0, 0.05) is 6.04 Å². The van der Waals surface area contributed by atoms with Crippen molar-refractivity contribution < 1.29 is 0 Å². The molecule has 1 fully saturated rings. The molecule has 2 atom stereocenters. The van der Waals surface area contributed by atoms with Gasteiger partial charge in [-0.05, 0) is 43.4 Å². The molecule has 0 bridgehead atoms. The number of aryl methyl sites for hydroxylation is 1. The number of halogens is 1. The topological polar surface area (TPSA) is 17.8 Å². The molecule has 2 nitrogen and oxygen atoms in total. The van der Waals surface area contributed by atoms with Crippen LogP contribution in [-0.4, -0.2) is 9.55 Å². The Labute approximate surface area is 126 Å². The molecule has 0 saturated heterocycles. The third-order valence-electron chi connectivity index (χ3n) is 4.74. The van der Waals surface area contributed by atoms with Crippen molar-refractivity contribution in [3.8, 4) is 0 Å². The monoisotopic (exact) mass is 290 g/mol. The lowest BCUT2D eigenvalue weighted by atomic mass is 9.84. The van der Waals surface area contributed by atoms with Crippen molar-refractivity contribution >= 4 is 22.6 Å². The SMILES string of the molecule is CCC1CCCC(n2c(CCl)nc3ccc(C)cc32)C1. The van der Waals surface area contributed by atoms with Crippen LogP contribution < -0.4 is 0 Å². The quantitative estimate of drug-likeness (QED) is 0.708. The first-order chi connectivity index (χ1) is 9.72. The van der Waals surface area contributed by atoms with Crippen LogP contribution in [0.1, 0.15) is 56.5 Å². The van der Waals surface area contributed by atoms with Gasteiger partial charge in [0.1, 0.15) is 5.82 Å². The summed E-state index contributed by atoms with van der Waals surface area (Å²) in [4.78, 5) is 4.73. The van der Waals surface area contributed by atoms with Gasteiger partial charge < -0.3 is 4.57 Å². The Bertz CT molecular complexity index is 602. The van der Waals surface area contributed by atoms with E-state index in [0.29, 0.717) is 11.9 Å². The summed E-state index contributed by atoms with van der Waals surface area (Å²) in [5.74, 6) is 2.40. The molecule has 3 rings (SSSR count). The van der Waals surface area contributed by atoms with E-state index in [2.05, 4.69) is 36.6 Å². The molecule has 0 amide bonds. The molecule has 0 radical (unpaired) electrons. The van der Waals surface area contributed by atoms with Gasteiger partial charge in [-0.1, -0.05) is 32.3 Å². The number of fused-ring (bicyclic) bond motifs is 1. The zero-order valence-electron chi connectivity index (χ0n) is 12.4. The maximum absolute atomic E-state index is 6.15. The number of hydrogen-bond acceptors (Lipinski definition) is 1. The summed E-state index contributed by atoms with van der Waals surface area (Å²) in [5, 5.41) is 0. The molecule has 1 aliphatic carbocycles. The Hall–Kier alpha value is -1.02. The predicted octanol–water partition coefficient (Wildman–Crippen LogP) is 5.22. The van der Waals surface area contributed by atoms with Crippen molar-refractivity contribution in [1.29, 1.82) is 0 Å². The minimum atomic E-state index is 0.501. The smallest absolute Gasteiger partial charge is 0.125 e. The second-order valence-electron chi connectivity index (χ2n) is 6.12. The molecule has 20 heavy (non-hydrogen) atoms. The average molecular weight is 291 g/mol. The van der Waals surface area contributed by atoms with Gasteiger partial charge in [0.15, 0.2) is 0 Å². The lowest BCUT2D eigenvalue weighted by Gasteiger charge is -2.30. The molecule has 2 unspecified atom stereocenters. The lowest BCUT2D eigenvalue weighted by Crippen LogP contribution is -2.20. The van der Waals surface area contributed by atoms with E-state index in [0.717, 1.165) is 17.3 Å². The van der Waals surface area contributed by atoms with E-state index in [4.69, 9.17) is 16.6 Å². The molecule has 3 heteroatoms. The summed E-state index contributed by atoms with van der Waals surface area (Å²) in [6.45, 7) is 4.46. The highest BCUT2D eigenvalue weighted by atomic mass is 35.5. The Kier molecular flexibility index (Phi) is 4.02. The largest absolute Gasteiger partial charge is 0.324 e. The number of hydrogen-bond donors (Lipinski definition) is 0. The van der Waals surface area contributed by atoms with E-state index in [1.807, 2.05) is 0 Å². The number of rotatable bonds is 3. The molecule has 1 saturated carbocycles. The summed E-state index contributed by atoms with van der Waals surface area (Å²) in [7, 11) is 0. The molecule has 1 aromatic heterocycles. The molecular formula is C17H23ClN2. The van der Waals surface area contributed by atoms with Crippen molar-refractivity contribution in [2.75, 3.05) is 0 Å². The first-order valence-corrected chi connectivity index (χ1v) is 8.29. The summed E-state index contributed by atoms with van der Waals surface area (Å²) < 4.78 is 2.43. The zero-order valence-corrected chi connectivity index (χ0v) is 13.2. The fraction of sp³-hybridized carbons (Fsp3) is 0.588. The van der Waals surface area contributed by atoms with Crippen molar-refractivity contribution in [2.24, 2.45) is 5.92 Å². The van der Waals surface area contributed by atoms with Crippen LogP contribution in [0.5, 0.6) is 0 Å². The van der Waals surface area contributed by atoms with E-state index in [1.54, 1.807) is 0 Å². The maximum Gasteiger partial charge on any atom is 0.125 e. The van der Waals surface area contributed by atoms with Crippen LogP contribution in [0.25, 0.3) is 11.0 Å². The third kappa shape index (κ3) is 2.46. The molecule has 1 aromatic carbocycles.